The average Bonchev–Trinajstić information content (AvgIpc) is 2.70. The Hall–Kier alpha value is -1.59. The van der Waals surface area contributed by atoms with Crippen LogP contribution in [0.15, 0.2) is 30.3 Å². The lowest BCUT2D eigenvalue weighted by atomic mass is 9.72. The molecule has 1 N–H and O–H groups in total. The maximum atomic E-state index is 12.8. The molecule has 0 radical (unpaired) electrons. The van der Waals surface area contributed by atoms with E-state index in [1.165, 1.54) is 18.4 Å². The monoisotopic (exact) mass is 371 g/mol. The molecule has 3 aliphatic heterocycles. The van der Waals surface area contributed by atoms with E-state index in [9.17, 15) is 4.79 Å². The largest absolute Gasteiger partial charge is 0.381 e. The molecule has 148 valence electrons. The van der Waals surface area contributed by atoms with Crippen LogP contribution in [-0.2, 0) is 11.3 Å². The van der Waals surface area contributed by atoms with Gasteiger partial charge in [0.15, 0.2) is 0 Å². The minimum absolute atomic E-state index is 0.142. The van der Waals surface area contributed by atoms with Crippen molar-refractivity contribution in [3.05, 3.63) is 35.9 Å². The minimum atomic E-state index is 0.142. The van der Waals surface area contributed by atoms with Gasteiger partial charge in [0, 0.05) is 45.4 Å². The van der Waals surface area contributed by atoms with Crippen molar-refractivity contribution in [2.24, 2.45) is 5.41 Å². The molecule has 2 amide bonds. The van der Waals surface area contributed by atoms with E-state index in [1.54, 1.807) is 0 Å². The predicted octanol–water partition coefficient (Wildman–Crippen LogP) is 3.25. The van der Waals surface area contributed by atoms with Crippen molar-refractivity contribution in [2.45, 2.75) is 51.1 Å². The number of hydrogen-bond donors (Lipinski definition) is 1. The van der Waals surface area contributed by atoms with Gasteiger partial charge in [0.1, 0.15) is 0 Å². The summed E-state index contributed by atoms with van der Waals surface area (Å²) < 4.78 is 5.53. The molecule has 0 unspecified atom stereocenters. The Kier molecular flexibility index (Phi) is 5.98. The van der Waals surface area contributed by atoms with Crippen LogP contribution in [0.25, 0.3) is 0 Å². The van der Waals surface area contributed by atoms with E-state index >= 15 is 0 Å². The van der Waals surface area contributed by atoms with Gasteiger partial charge in [0.25, 0.3) is 0 Å². The zero-order chi connectivity index (χ0) is 18.5. The standard InChI is InChI=1S/C22H33N3O2/c26-21(25-13-8-22(9-14-25)10-15-27-16-11-22)23-20-7-4-12-24(18-20)17-19-5-2-1-3-6-19/h1-3,5-6,20H,4,7-18H2,(H,23,26)/t20-/m0/s1. The summed E-state index contributed by atoms with van der Waals surface area (Å²) in [7, 11) is 0. The van der Waals surface area contributed by atoms with Gasteiger partial charge in [-0.05, 0) is 56.0 Å². The number of amides is 2. The van der Waals surface area contributed by atoms with Crippen molar-refractivity contribution >= 4 is 6.03 Å². The SMILES string of the molecule is O=C(N[C@H]1CCCN(Cc2ccccc2)C1)N1CCC2(CCOCC2)CC1. The molecule has 4 rings (SSSR count). The van der Waals surface area contributed by atoms with Crippen LogP contribution in [0.1, 0.15) is 44.1 Å². The number of ether oxygens (including phenoxy) is 1. The minimum Gasteiger partial charge on any atom is -0.381 e. The summed E-state index contributed by atoms with van der Waals surface area (Å²) >= 11 is 0. The molecule has 27 heavy (non-hydrogen) atoms. The van der Waals surface area contributed by atoms with Gasteiger partial charge in [-0.25, -0.2) is 4.79 Å². The van der Waals surface area contributed by atoms with Crippen molar-refractivity contribution in [3.8, 4) is 0 Å². The molecule has 0 saturated carbocycles. The van der Waals surface area contributed by atoms with Gasteiger partial charge in [-0.2, -0.15) is 0 Å². The van der Waals surface area contributed by atoms with Crippen LogP contribution < -0.4 is 5.32 Å². The second-order valence-electron chi connectivity index (χ2n) is 8.61. The van der Waals surface area contributed by atoms with Crippen LogP contribution in [0.5, 0.6) is 0 Å². The zero-order valence-corrected chi connectivity index (χ0v) is 16.4. The number of urea groups is 1. The fourth-order valence-electron chi connectivity index (χ4n) is 4.91. The van der Waals surface area contributed by atoms with Crippen molar-refractivity contribution in [1.82, 2.24) is 15.1 Å². The maximum absolute atomic E-state index is 12.8. The summed E-state index contributed by atoms with van der Waals surface area (Å²) in [5.74, 6) is 0. The smallest absolute Gasteiger partial charge is 0.317 e. The van der Waals surface area contributed by atoms with Crippen LogP contribution in [0.3, 0.4) is 0 Å². The molecule has 1 aromatic carbocycles. The fraction of sp³-hybridized carbons (Fsp3) is 0.682. The lowest BCUT2D eigenvalue weighted by molar-refractivity contribution is -0.0147. The Labute approximate surface area is 163 Å². The highest BCUT2D eigenvalue weighted by Gasteiger charge is 2.37. The summed E-state index contributed by atoms with van der Waals surface area (Å²) in [6.45, 7) is 6.63. The van der Waals surface area contributed by atoms with Gasteiger partial charge < -0.3 is 15.0 Å². The lowest BCUT2D eigenvalue weighted by Gasteiger charge is -2.44. The van der Waals surface area contributed by atoms with Crippen molar-refractivity contribution in [3.63, 3.8) is 0 Å². The summed E-state index contributed by atoms with van der Waals surface area (Å²) in [6.07, 6.45) is 6.84. The third kappa shape index (κ3) is 4.82. The predicted molar refractivity (Wildman–Crippen MR) is 107 cm³/mol. The number of nitrogens with zero attached hydrogens (tertiary/aromatic N) is 2. The number of benzene rings is 1. The van der Waals surface area contributed by atoms with E-state index in [1.807, 2.05) is 4.90 Å². The molecule has 0 aromatic heterocycles. The number of hydrogen-bond acceptors (Lipinski definition) is 3. The molecular formula is C22H33N3O2. The Morgan fingerprint density at radius 3 is 2.56 bits per heavy atom. The molecule has 3 saturated heterocycles. The molecule has 3 heterocycles. The molecular weight excluding hydrogens is 338 g/mol. The highest BCUT2D eigenvalue weighted by Crippen LogP contribution is 2.40. The first kappa shape index (κ1) is 18.8. The van der Waals surface area contributed by atoms with E-state index < -0.39 is 0 Å². The van der Waals surface area contributed by atoms with Gasteiger partial charge in [-0.15, -0.1) is 0 Å². The molecule has 0 bridgehead atoms. The molecule has 1 spiro atoms. The van der Waals surface area contributed by atoms with Gasteiger partial charge in [-0.3, -0.25) is 4.90 Å². The second-order valence-corrected chi connectivity index (χ2v) is 8.61. The molecule has 1 aromatic rings. The number of carbonyl (C=O) groups is 1. The van der Waals surface area contributed by atoms with Crippen molar-refractivity contribution in [1.29, 1.82) is 0 Å². The highest BCUT2D eigenvalue weighted by atomic mass is 16.5. The highest BCUT2D eigenvalue weighted by molar-refractivity contribution is 5.74. The molecule has 3 aliphatic rings. The summed E-state index contributed by atoms with van der Waals surface area (Å²) in [4.78, 5) is 17.3. The van der Waals surface area contributed by atoms with Crippen LogP contribution >= 0.6 is 0 Å². The second kappa shape index (κ2) is 8.61. The first-order valence-electron chi connectivity index (χ1n) is 10.6. The summed E-state index contributed by atoms with van der Waals surface area (Å²) in [5, 5.41) is 3.32. The number of carbonyl (C=O) groups excluding carboxylic acids is 1. The van der Waals surface area contributed by atoms with E-state index in [2.05, 4.69) is 40.5 Å². The first-order valence-corrected chi connectivity index (χ1v) is 10.6. The molecule has 3 fully saturated rings. The Bertz CT molecular complexity index is 605. The van der Waals surface area contributed by atoms with E-state index in [0.29, 0.717) is 5.41 Å². The summed E-state index contributed by atoms with van der Waals surface area (Å²) in [5.41, 5.74) is 1.79. The fourth-order valence-corrected chi connectivity index (χ4v) is 4.91. The number of piperidine rings is 2. The van der Waals surface area contributed by atoms with Crippen molar-refractivity contribution in [2.75, 3.05) is 39.4 Å². The van der Waals surface area contributed by atoms with Crippen LogP contribution in [-0.4, -0.2) is 61.3 Å². The first-order chi connectivity index (χ1) is 13.2. The lowest BCUT2D eigenvalue weighted by Crippen LogP contribution is -2.54. The summed E-state index contributed by atoms with van der Waals surface area (Å²) in [6, 6.07) is 11.0. The third-order valence-corrected chi connectivity index (χ3v) is 6.75. The normalized spacial score (nSPS) is 26.1. The molecule has 1 atom stereocenters. The molecule has 5 nitrogen and oxygen atoms in total. The maximum Gasteiger partial charge on any atom is 0.317 e. The van der Waals surface area contributed by atoms with Crippen LogP contribution in [0.2, 0.25) is 0 Å². The van der Waals surface area contributed by atoms with E-state index in [0.717, 1.165) is 71.6 Å². The van der Waals surface area contributed by atoms with E-state index in [-0.39, 0.29) is 12.1 Å². The Morgan fingerprint density at radius 1 is 1.07 bits per heavy atom. The van der Waals surface area contributed by atoms with Gasteiger partial charge in [-0.1, -0.05) is 30.3 Å². The van der Waals surface area contributed by atoms with Gasteiger partial charge in [0.2, 0.25) is 0 Å². The van der Waals surface area contributed by atoms with Crippen LogP contribution in [0.4, 0.5) is 4.79 Å². The quantitative estimate of drug-likeness (QED) is 0.887. The van der Waals surface area contributed by atoms with E-state index in [4.69, 9.17) is 4.74 Å². The Balaban J connectivity index is 1.24. The zero-order valence-electron chi connectivity index (χ0n) is 16.4. The third-order valence-electron chi connectivity index (χ3n) is 6.75. The van der Waals surface area contributed by atoms with Crippen LogP contribution in [0, 0.1) is 5.41 Å². The number of nitrogens with one attached hydrogen (secondary N) is 1. The molecule has 5 heteroatoms. The average molecular weight is 372 g/mol. The molecule has 0 aliphatic carbocycles. The van der Waals surface area contributed by atoms with Gasteiger partial charge in [0.05, 0.1) is 0 Å². The number of likely N-dealkylation sites (tertiary alicyclic amines) is 2. The van der Waals surface area contributed by atoms with Crippen molar-refractivity contribution < 1.29 is 9.53 Å². The number of rotatable bonds is 3. The topological polar surface area (TPSA) is 44.8 Å². The van der Waals surface area contributed by atoms with Gasteiger partial charge >= 0.3 is 6.03 Å². The Morgan fingerprint density at radius 2 is 1.81 bits per heavy atom.